The second kappa shape index (κ2) is 9.78. The number of para-hydroxylation sites is 2. The maximum absolute atomic E-state index is 13.5. The van der Waals surface area contributed by atoms with Crippen molar-refractivity contribution in [1.82, 2.24) is 9.78 Å². The maximum atomic E-state index is 13.5. The van der Waals surface area contributed by atoms with Crippen LogP contribution in [0.4, 0.5) is 22.9 Å². The van der Waals surface area contributed by atoms with Crippen molar-refractivity contribution in [1.29, 1.82) is 0 Å². The van der Waals surface area contributed by atoms with Crippen molar-refractivity contribution in [3.63, 3.8) is 0 Å². The first-order chi connectivity index (χ1) is 17.9. The predicted molar refractivity (Wildman–Crippen MR) is 139 cm³/mol. The number of anilines is 3. The van der Waals surface area contributed by atoms with E-state index in [1.54, 1.807) is 48.0 Å². The van der Waals surface area contributed by atoms with Gasteiger partial charge >= 0.3 is 0 Å². The molecule has 0 unspecified atom stereocenters. The number of hydrogen-bond donors (Lipinski definition) is 3. The van der Waals surface area contributed by atoms with Crippen molar-refractivity contribution in [3.8, 4) is 0 Å². The summed E-state index contributed by atoms with van der Waals surface area (Å²) in [6, 6.07) is 23.3. The third-order valence-electron chi connectivity index (χ3n) is 6.00. The molecule has 0 saturated carbocycles. The number of carbonyl (C=O) groups excluding carboxylic acids is 2. The zero-order chi connectivity index (χ0) is 25.9. The zero-order valence-electron chi connectivity index (χ0n) is 19.7. The number of aromatic nitrogens is 2. The molecule has 3 aromatic carbocycles. The van der Waals surface area contributed by atoms with Crippen LogP contribution < -0.4 is 16.0 Å². The van der Waals surface area contributed by atoms with Crippen LogP contribution in [0.3, 0.4) is 0 Å². The number of hydrogen-bond acceptors (Lipinski definition) is 6. The fourth-order valence-corrected chi connectivity index (χ4v) is 4.24. The van der Waals surface area contributed by atoms with Crippen LogP contribution in [-0.2, 0) is 4.79 Å². The lowest BCUT2D eigenvalue weighted by Gasteiger charge is -2.30. The molecular weight excluding hydrogens is 472 g/mol. The van der Waals surface area contributed by atoms with Crippen LogP contribution in [0.5, 0.6) is 0 Å². The lowest BCUT2D eigenvalue weighted by atomic mass is 9.94. The van der Waals surface area contributed by atoms with Gasteiger partial charge in [-0.3, -0.25) is 19.7 Å². The summed E-state index contributed by atoms with van der Waals surface area (Å²) in [7, 11) is 0. The number of amides is 2. The molecule has 3 N–H and O–H groups in total. The van der Waals surface area contributed by atoms with Crippen molar-refractivity contribution in [3.05, 3.63) is 124 Å². The highest BCUT2D eigenvalue weighted by Crippen LogP contribution is 2.38. The molecule has 1 aliphatic heterocycles. The average molecular weight is 495 g/mol. The van der Waals surface area contributed by atoms with Gasteiger partial charge in [0.05, 0.1) is 16.7 Å². The molecule has 10 nitrogen and oxygen atoms in total. The summed E-state index contributed by atoms with van der Waals surface area (Å²) >= 11 is 0. The summed E-state index contributed by atoms with van der Waals surface area (Å²) in [4.78, 5) is 37.3. The first kappa shape index (κ1) is 23.5. The van der Waals surface area contributed by atoms with E-state index in [9.17, 15) is 19.7 Å². The minimum absolute atomic E-state index is 0.0720. The highest BCUT2D eigenvalue weighted by atomic mass is 16.6. The number of fused-ring (bicyclic) bond motifs is 1. The Morgan fingerprint density at radius 2 is 1.46 bits per heavy atom. The molecule has 5 rings (SSSR count). The van der Waals surface area contributed by atoms with Gasteiger partial charge in [-0.2, -0.15) is 5.10 Å². The van der Waals surface area contributed by atoms with Gasteiger partial charge in [-0.15, -0.1) is 0 Å². The number of non-ortho nitro benzene ring substituents is 1. The van der Waals surface area contributed by atoms with Gasteiger partial charge in [0.2, 0.25) is 0 Å². The van der Waals surface area contributed by atoms with Crippen LogP contribution in [-0.4, -0.2) is 26.5 Å². The molecule has 1 aromatic heterocycles. The molecule has 10 heteroatoms. The van der Waals surface area contributed by atoms with E-state index in [0.717, 1.165) is 0 Å². The monoisotopic (exact) mass is 494 g/mol. The summed E-state index contributed by atoms with van der Waals surface area (Å²) in [5.74, 6) is -0.325. The standard InChI is InChI=1S/C27H22N6O4/c1-17-23(27(35)31-20-10-6-3-7-11-20)24(18-12-14-21(15-13-18)33(36)37)32-25(29-17)22(16-28-32)26(34)30-19-8-4-2-5-9-19/h2-16,24,29H,1H3,(H,30,34)(H,31,35)/t24-/m1/s1. The largest absolute Gasteiger partial charge is 0.343 e. The van der Waals surface area contributed by atoms with Crippen molar-refractivity contribution in [2.24, 2.45) is 0 Å². The van der Waals surface area contributed by atoms with E-state index in [1.165, 1.54) is 18.3 Å². The Bertz CT molecular complexity index is 1510. The number of benzene rings is 3. The van der Waals surface area contributed by atoms with Crippen LogP contribution in [0.25, 0.3) is 0 Å². The van der Waals surface area contributed by atoms with Crippen molar-refractivity contribution < 1.29 is 14.5 Å². The number of nitro benzene ring substituents is 1. The molecule has 0 saturated heterocycles. The van der Waals surface area contributed by atoms with Gasteiger partial charge in [0.25, 0.3) is 17.5 Å². The van der Waals surface area contributed by atoms with Crippen molar-refractivity contribution in [2.75, 3.05) is 16.0 Å². The van der Waals surface area contributed by atoms with E-state index < -0.39 is 11.0 Å². The molecule has 1 atom stereocenters. The van der Waals surface area contributed by atoms with Gasteiger partial charge in [-0.25, -0.2) is 4.68 Å². The van der Waals surface area contributed by atoms with Crippen molar-refractivity contribution in [2.45, 2.75) is 13.0 Å². The van der Waals surface area contributed by atoms with E-state index in [4.69, 9.17) is 0 Å². The Balaban J connectivity index is 1.56. The Morgan fingerprint density at radius 1 is 0.892 bits per heavy atom. The van der Waals surface area contributed by atoms with E-state index in [0.29, 0.717) is 34.0 Å². The molecular formula is C27H22N6O4. The Hall–Kier alpha value is -5.25. The summed E-state index contributed by atoms with van der Waals surface area (Å²) in [5.41, 5.74) is 2.95. The zero-order valence-corrected chi connectivity index (χ0v) is 19.7. The normalized spacial score (nSPS) is 14.4. The predicted octanol–water partition coefficient (Wildman–Crippen LogP) is 4.97. The number of nitro groups is 1. The lowest BCUT2D eigenvalue weighted by molar-refractivity contribution is -0.384. The smallest absolute Gasteiger partial charge is 0.269 e. The second-order valence-electron chi connectivity index (χ2n) is 8.41. The number of rotatable bonds is 6. The molecule has 0 spiro atoms. The van der Waals surface area contributed by atoms with Gasteiger partial charge in [0.15, 0.2) is 0 Å². The minimum Gasteiger partial charge on any atom is -0.343 e. The molecule has 0 bridgehead atoms. The third kappa shape index (κ3) is 4.67. The van der Waals surface area contributed by atoms with Gasteiger partial charge in [0.1, 0.15) is 17.4 Å². The number of nitrogens with zero attached hydrogens (tertiary/aromatic N) is 3. The molecule has 2 heterocycles. The third-order valence-corrected chi connectivity index (χ3v) is 6.00. The Labute approximate surface area is 211 Å². The quantitative estimate of drug-likeness (QED) is 0.256. The average Bonchev–Trinajstić information content (AvgIpc) is 3.32. The van der Waals surface area contributed by atoms with Gasteiger partial charge in [-0.1, -0.05) is 36.4 Å². The number of allylic oxidation sites excluding steroid dienone is 1. The minimum atomic E-state index is -0.737. The molecule has 1 aliphatic rings. The SMILES string of the molecule is CC1=C(C(=O)Nc2ccccc2)[C@@H](c2ccc([N+](=O)[O-])cc2)n2ncc(C(=O)Nc3ccccc3)c2N1. The van der Waals surface area contributed by atoms with E-state index in [1.807, 2.05) is 36.4 Å². The Kier molecular flexibility index (Phi) is 6.21. The fourth-order valence-electron chi connectivity index (χ4n) is 4.24. The van der Waals surface area contributed by atoms with Crippen LogP contribution in [0, 0.1) is 10.1 Å². The van der Waals surface area contributed by atoms with E-state index in [2.05, 4.69) is 21.0 Å². The van der Waals surface area contributed by atoms with Crippen LogP contribution >= 0.6 is 0 Å². The molecule has 4 aromatic rings. The highest BCUT2D eigenvalue weighted by molar-refractivity contribution is 6.09. The molecule has 184 valence electrons. The second-order valence-corrected chi connectivity index (χ2v) is 8.41. The molecule has 0 radical (unpaired) electrons. The molecule has 37 heavy (non-hydrogen) atoms. The van der Waals surface area contributed by atoms with Crippen LogP contribution in [0.1, 0.15) is 28.9 Å². The summed E-state index contributed by atoms with van der Waals surface area (Å²) < 4.78 is 1.55. The molecule has 0 fully saturated rings. The van der Waals surface area contributed by atoms with E-state index in [-0.39, 0.29) is 23.1 Å². The number of carbonyl (C=O) groups is 2. The fraction of sp³-hybridized carbons (Fsp3) is 0.0741. The van der Waals surface area contributed by atoms with E-state index >= 15 is 0 Å². The van der Waals surface area contributed by atoms with Crippen molar-refractivity contribution >= 4 is 34.7 Å². The highest BCUT2D eigenvalue weighted by Gasteiger charge is 2.35. The first-order valence-corrected chi connectivity index (χ1v) is 11.4. The van der Waals surface area contributed by atoms with Gasteiger partial charge < -0.3 is 16.0 Å². The number of nitrogens with one attached hydrogen (secondary N) is 3. The lowest BCUT2D eigenvalue weighted by Crippen LogP contribution is -2.32. The topological polar surface area (TPSA) is 131 Å². The van der Waals surface area contributed by atoms with Gasteiger partial charge in [0, 0.05) is 29.2 Å². The maximum Gasteiger partial charge on any atom is 0.269 e. The van der Waals surface area contributed by atoms with Gasteiger partial charge in [-0.05, 0) is 48.9 Å². The summed E-state index contributed by atoms with van der Waals surface area (Å²) in [6.07, 6.45) is 1.43. The Morgan fingerprint density at radius 3 is 2.03 bits per heavy atom. The van der Waals surface area contributed by atoms with Crippen LogP contribution in [0.15, 0.2) is 102 Å². The summed E-state index contributed by atoms with van der Waals surface area (Å²) in [5, 5.41) is 24.6. The first-order valence-electron chi connectivity index (χ1n) is 11.4. The van der Waals surface area contributed by atoms with Crippen LogP contribution in [0.2, 0.25) is 0 Å². The molecule has 2 amide bonds. The molecule has 0 aliphatic carbocycles. The summed E-state index contributed by atoms with van der Waals surface area (Å²) in [6.45, 7) is 1.74.